The Balaban J connectivity index is 1.77. The maximum Gasteiger partial charge on any atom is 0.407 e. The molecule has 0 bridgehead atoms. The number of rotatable bonds is 6. The highest BCUT2D eigenvalue weighted by atomic mass is 16.6. The summed E-state index contributed by atoms with van der Waals surface area (Å²) in [4.78, 5) is 20.0. The first-order chi connectivity index (χ1) is 10.9. The number of pyridine rings is 1. The molecule has 0 aliphatic carbocycles. The lowest BCUT2D eigenvalue weighted by atomic mass is 10.2. The number of imidazole rings is 1. The Bertz CT molecular complexity index is 619. The van der Waals surface area contributed by atoms with Gasteiger partial charge in [-0.1, -0.05) is 6.07 Å². The molecule has 0 unspecified atom stereocenters. The minimum Gasteiger partial charge on any atom is -0.444 e. The molecule has 0 saturated heterocycles. The molecule has 0 radical (unpaired) electrons. The van der Waals surface area contributed by atoms with Gasteiger partial charge in [0.15, 0.2) is 0 Å². The van der Waals surface area contributed by atoms with Crippen molar-refractivity contribution in [1.82, 2.24) is 19.9 Å². The normalized spacial score (nSPS) is 11.1. The smallest absolute Gasteiger partial charge is 0.407 e. The molecular weight excluding hydrogens is 294 g/mol. The molecule has 0 fully saturated rings. The summed E-state index contributed by atoms with van der Waals surface area (Å²) in [6.45, 7) is 6.79. The van der Waals surface area contributed by atoms with Gasteiger partial charge >= 0.3 is 6.09 Å². The summed E-state index contributed by atoms with van der Waals surface area (Å²) in [6, 6.07) is 5.65. The zero-order valence-electron chi connectivity index (χ0n) is 13.7. The van der Waals surface area contributed by atoms with Crippen molar-refractivity contribution in [3.8, 4) is 0 Å². The molecule has 2 aromatic heterocycles. The zero-order valence-corrected chi connectivity index (χ0v) is 13.7. The lowest BCUT2D eigenvalue weighted by Gasteiger charge is -2.19. The van der Waals surface area contributed by atoms with Crippen LogP contribution in [-0.2, 0) is 11.3 Å². The lowest BCUT2D eigenvalue weighted by Crippen LogP contribution is -2.33. The van der Waals surface area contributed by atoms with E-state index in [1.165, 1.54) is 0 Å². The molecule has 2 rings (SSSR count). The first-order valence-electron chi connectivity index (χ1n) is 7.60. The van der Waals surface area contributed by atoms with E-state index in [1.807, 2.05) is 49.7 Å². The molecule has 2 N–H and O–H groups in total. The molecule has 1 amide bonds. The minimum absolute atomic E-state index is 0.394. The average Bonchev–Trinajstić information content (AvgIpc) is 2.90. The van der Waals surface area contributed by atoms with Crippen molar-refractivity contribution in [2.45, 2.75) is 39.3 Å². The molecule has 0 atom stereocenters. The summed E-state index contributed by atoms with van der Waals surface area (Å²) in [6.07, 6.45) is 5.72. The van der Waals surface area contributed by atoms with Crippen LogP contribution in [0.2, 0.25) is 0 Å². The molecule has 7 heteroatoms. The van der Waals surface area contributed by atoms with Gasteiger partial charge in [-0.2, -0.15) is 0 Å². The van der Waals surface area contributed by atoms with E-state index < -0.39 is 11.7 Å². The molecule has 2 aromatic rings. The maximum absolute atomic E-state index is 11.6. The van der Waals surface area contributed by atoms with E-state index in [9.17, 15) is 4.79 Å². The predicted molar refractivity (Wildman–Crippen MR) is 88.6 cm³/mol. The highest BCUT2D eigenvalue weighted by Crippen LogP contribution is 2.12. The second kappa shape index (κ2) is 7.62. The summed E-state index contributed by atoms with van der Waals surface area (Å²) >= 11 is 0. The van der Waals surface area contributed by atoms with Crippen LogP contribution in [0.25, 0.3) is 0 Å². The van der Waals surface area contributed by atoms with Crippen LogP contribution in [0.5, 0.6) is 0 Å². The minimum atomic E-state index is -0.478. The molecular formula is C16H23N5O2. The van der Waals surface area contributed by atoms with Crippen molar-refractivity contribution in [2.24, 2.45) is 0 Å². The van der Waals surface area contributed by atoms with Crippen LogP contribution in [0.3, 0.4) is 0 Å². The predicted octanol–water partition coefficient (Wildman–Crippen LogP) is 2.94. The third-order valence-electron chi connectivity index (χ3n) is 2.86. The summed E-state index contributed by atoms with van der Waals surface area (Å²) in [5, 5.41) is 5.91. The van der Waals surface area contributed by atoms with E-state index in [4.69, 9.17) is 4.74 Å². The molecule has 23 heavy (non-hydrogen) atoms. The third kappa shape index (κ3) is 5.98. The maximum atomic E-state index is 11.6. The van der Waals surface area contributed by atoms with Crippen LogP contribution in [-0.4, -0.2) is 32.8 Å². The average molecular weight is 317 g/mol. The first-order valence-corrected chi connectivity index (χ1v) is 7.60. The monoisotopic (exact) mass is 317 g/mol. The van der Waals surface area contributed by atoms with E-state index >= 15 is 0 Å². The van der Waals surface area contributed by atoms with Gasteiger partial charge in [0.05, 0.1) is 0 Å². The van der Waals surface area contributed by atoms with Crippen molar-refractivity contribution < 1.29 is 9.53 Å². The van der Waals surface area contributed by atoms with E-state index in [2.05, 4.69) is 20.6 Å². The Morgan fingerprint density at radius 1 is 1.26 bits per heavy atom. The number of aromatic nitrogens is 3. The van der Waals surface area contributed by atoms with Crippen LogP contribution in [0.15, 0.2) is 36.8 Å². The summed E-state index contributed by atoms with van der Waals surface area (Å²) < 4.78 is 7.17. The summed E-state index contributed by atoms with van der Waals surface area (Å²) in [7, 11) is 0. The van der Waals surface area contributed by atoms with E-state index in [-0.39, 0.29) is 0 Å². The fourth-order valence-electron chi connectivity index (χ4n) is 1.92. The number of carbonyl (C=O) groups excluding carboxylic acids is 1. The van der Waals surface area contributed by atoms with Crippen LogP contribution >= 0.6 is 0 Å². The van der Waals surface area contributed by atoms with Gasteiger partial charge in [0.2, 0.25) is 5.95 Å². The van der Waals surface area contributed by atoms with Crippen molar-refractivity contribution in [3.05, 3.63) is 36.8 Å². The van der Waals surface area contributed by atoms with Gasteiger partial charge in [-0.05, 0) is 39.3 Å². The Labute approximate surface area is 136 Å². The van der Waals surface area contributed by atoms with E-state index in [0.717, 1.165) is 24.7 Å². The van der Waals surface area contributed by atoms with Gasteiger partial charge in [0.1, 0.15) is 11.4 Å². The second-order valence-corrected chi connectivity index (χ2v) is 6.07. The van der Waals surface area contributed by atoms with Gasteiger partial charge in [-0.15, -0.1) is 0 Å². The first kappa shape index (κ1) is 16.8. The van der Waals surface area contributed by atoms with Gasteiger partial charge in [-0.3, -0.25) is 0 Å². The number of carbonyl (C=O) groups is 1. The van der Waals surface area contributed by atoms with Crippen molar-refractivity contribution >= 4 is 17.9 Å². The third-order valence-corrected chi connectivity index (χ3v) is 2.86. The Morgan fingerprint density at radius 3 is 2.78 bits per heavy atom. The molecule has 0 saturated carbocycles. The van der Waals surface area contributed by atoms with Crippen LogP contribution in [0.4, 0.5) is 16.6 Å². The SMILES string of the molecule is CC(C)(C)OC(=O)NCCCn1ccnc1Nc1ccccn1. The number of nitrogens with zero attached hydrogens (tertiary/aromatic N) is 3. The number of hydrogen-bond donors (Lipinski definition) is 2. The van der Waals surface area contributed by atoms with Gasteiger partial charge in [0.25, 0.3) is 0 Å². The topological polar surface area (TPSA) is 81.1 Å². The highest BCUT2D eigenvalue weighted by molar-refractivity contribution is 5.67. The number of ether oxygens (including phenoxy) is 1. The molecule has 124 valence electrons. The quantitative estimate of drug-likeness (QED) is 0.801. The standard InChI is InChI=1S/C16H23N5O2/c1-16(2,3)23-15(22)19-9-6-11-21-12-10-18-14(21)20-13-7-4-5-8-17-13/h4-5,7-8,10,12H,6,9,11H2,1-3H3,(H,19,22)(H,17,18,20). The fraction of sp³-hybridized carbons (Fsp3) is 0.438. The number of anilines is 2. The van der Waals surface area contributed by atoms with E-state index in [1.54, 1.807) is 12.4 Å². The van der Waals surface area contributed by atoms with Crippen LogP contribution < -0.4 is 10.6 Å². The summed E-state index contributed by atoms with van der Waals surface area (Å²) in [5.41, 5.74) is -0.478. The highest BCUT2D eigenvalue weighted by Gasteiger charge is 2.15. The number of amides is 1. The zero-order chi connectivity index (χ0) is 16.7. The van der Waals surface area contributed by atoms with Gasteiger partial charge in [0, 0.05) is 31.7 Å². The lowest BCUT2D eigenvalue weighted by molar-refractivity contribution is 0.0527. The largest absolute Gasteiger partial charge is 0.444 e. The molecule has 2 heterocycles. The van der Waals surface area contributed by atoms with Crippen molar-refractivity contribution in [3.63, 3.8) is 0 Å². The van der Waals surface area contributed by atoms with Crippen molar-refractivity contribution in [2.75, 3.05) is 11.9 Å². The number of nitrogens with one attached hydrogen (secondary N) is 2. The summed E-state index contributed by atoms with van der Waals surface area (Å²) in [5.74, 6) is 1.47. The van der Waals surface area contributed by atoms with E-state index in [0.29, 0.717) is 6.54 Å². The van der Waals surface area contributed by atoms with Crippen molar-refractivity contribution in [1.29, 1.82) is 0 Å². The second-order valence-electron chi connectivity index (χ2n) is 6.07. The molecule has 0 aliphatic rings. The Morgan fingerprint density at radius 2 is 2.09 bits per heavy atom. The van der Waals surface area contributed by atoms with Crippen LogP contribution in [0.1, 0.15) is 27.2 Å². The Kier molecular flexibility index (Phi) is 5.56. The number of alkyl carbamates (subject to hydrolysis) is 1. The van der Waals surface area contributed by atoms with Gasteiger partial charge in [-0.25, -0.2) is 14.8 Å². The van der Waals surface area contributed by atoms with Crippen LogP contribution in [0, 0.1) is 0 Å². The number of aryl methyl sites for hydroxylation is 1. The fourth-order valence-corrected chi connectivity index (χ4v) is 1.92. The van der Waals surface area contributed by atoms with Gasteiger partial charge < -0.3 is 19.9 Å². The molecule has 0 aromatic carbocycles. The molecule has 7 nitrogen and oxygen atoms in total. The Hall–Kier alpha value is -2.57. The number of hydrogen-bond acceptors (Lipinski definition) is 5. The molecule has 0 aliphatic heterocycles. The molecule has 0 spiro atoms.